The average Bonchev–Trinajstić information content (AvgIpc) is 2.79. The van der Waals surface area contributed by atoms with Gasteiger partial charge in [-0.2, -0.15) is 5.26 Å². The summed E-state index contributed by atoms with van der Waals surface area (Å²) in [6.45, 7) is 0. The van der Waals surface area contributed by atoms with Crippen LogP contribution in [0.25, 0.3) is 0 Å². The Morgan fingerprint density at radius 2 is 2.03 bits per heavy atom. The van der Waals surface area contributed by atoms with Crippen LogP contribution in [0.15, 0.2) is 53.1 Å². The molecule has 32 heavy (non-hydrogen) atoms. The van der Waals surface area contributed by atoms with Crippen molar-refractivity contribution in [3.05, 3.63) is 75.0 Å². The summed E-state index contributed by atoms with van der Waals surface area (Å²) < 4.78 is 17.9. The number of carbonyl (C=O) groups is 3. The molecule has 2 aromatic carbocycles. The van der Waals surface area contributed by atoms with E-state index >= 15 is 0 Å². The SMILES string of the molecule is COC(=O)c1ccc([C@@H]2CC(=O)NC(SCC(=O)Nc3ccc(F)c(Cl)c3)=C2C#N)cc1. The molecule has 2 aromatic rings. The highest BCUT2D eigenvalue weighted by atomic mass is 35.5. The lowest BCUT2D eigenvalue weighted by Gasteiger charge is -2.25. The average molecular weight is 474 g/mol. The summed E-state index contributed by atoms with van der Waals surface area (Å²) in [7, 11) is 1.28. The molecule has 2 N–H and O–H groups in total. The zero-order valence-corrected chi connectivity index (χ0v) is 18.3. The minimum Gasteiger partial charge on any atom is -0.465 e. The predicted molar refractivity (Wildman–Crippen MR) is 118 cm³/mol. The molecule has 1 aliphatic heterocycles. The van der Waals surface area contributed by atoms with Gasteiger partial charge in [-0.15, -0.1) is 0 Å². The number of ether oxygens (including phenoxy) is 1. The number of anilines is 1. The molecular formula is C22H17ClFN3O4S. The molecule has 0 saturated carbocycles. The number of benzene rings is 2. The van der Waals surface area contributed by atoms with Crippen LogP contribution in [0.5, 0.6) is 0 Å². The quantitative estimate of drug-likeness (QED) is 0.614. The molecule has 1 heterocycles. The number of allylic oxidation sites excluding steroid dienone is 1. The fraction of sp³-hybridized carbons (Fsp3) is 0.182. The van der Waals surface area contributed by atoms with Gasteiger partial charge in [-0.3, -0.25) is 9.59 Å². The maximum atomic E-state index is 13.3. The lowest BCUT2D eigenvalue weighted by Crippen LogP contribution is -2.31. The van der Waals surface area contributed by atoms with Crippen LogP contribution in [-0.4, -0.2) is 30.6 Å². The van der Waals surface area contributed by atoms with Crippen LogP contribution in [0, 0.1) is 17.1 Å². The maximum absolute atomic E-state index is 13.3. The lowest BCUT2D eigenvalue weighted by atomic mass is 9.87. The third-order valence-electron chi connectivity index (χ3n) is 4.64. The molecule has 10 heteroatoms. The first-order chi connectivity index (χ1) is 15.3. The van der Waals surface area contributed by atoms with E-state index in [1.807, 2.05) is 0 Å². The number of amides is 2. The first-order valence-electron chi connectivity index (χ1n) is 9.32. The molecule has 0 radical (unpaired) electrons. The fourth-order valence-corrected chi connectivity index (χ4v) is 4.15. The first kappa shape index (κ1) is 23.3. The number of halogens is 2. The number of nitrogens with one attached hydrogen (secondary N) is 2. The van der Waals surface area contributed by atoms with E-state index < -0.39 is 23.6 Å². The van der Waals surface area contributed by atoms with Crippen molar-refractivity contribution in [2.24, 2.45) is 0 Å². The molecule has 0 aliphatic carbocycles. The standard InChI is InChI=1S/C22H17ClFN3O4S/c1-31-22(30)13-4-2-12(3-5-13)15-9-19(28)27-21(16(15)10-25)32-11-20(29)26-14-6-7-18(24)17(23)8-14/h2-8,15H,9,11H2,1H3,(H,26,29)(H,27,28)/t15-/m0/s1. The van der Waals surface area contributed by atoms with Crippen molar-refractivity contribution < 1.29 is 23.5 Å². The van der Waals surface area contributed by atoms with E-state index in [1.165, 1.54) is 19.2 Å². The Morgan fingerprint density at radius 3 is 2.66 bits per heavy atom. The van der Waals surface area contributed by atoms with E-state index in [0.29, 0.717) is 22.4 Å². The van der Waals surface area contributed by atoms with Gasteiger partial charge < -0.3 is 15.4 Å². The van der Waals surface area contributed by atoms with E-state index in [1.54, 1.807) is 24.3 Å². The molecule has 7 nitrogen and oxygen atoms in total. The number of nitrogens with zero attached hydrogens (tertiary/aromatic N) is 1. The summed E-state index contributed by atoms with van der Waals surface area (Å²) in [5.74, 6) is -2.40. The smallest absolute Gasteiger partial charge is 0.337 e. The van der Waals surface area contributed by atoms with Gasteiger partial charge in [0.15, 0.2) is 0 Å². The van der Waals surface area contributed by atoms with Crippen molar-refractivity contribution >= 4 is 46.8 Å². The largest absolute Gasteiger partial charge is 0.465 e. The van der Waals surface area contributed by atoms with E-state index in [2.05, 4.69) is 21.4 Å². The normalized spacial score (nSPS) is 15.6. The Hall–Kier alpha value is -3.35. The zero-order valence-electron chi connectivity index (χ0n) is 16.8. The number of methoxy groups -OCH3 is 1. The van der Waals surface area contributed by atoms with Crippen LogP contribution >= 0.6 is 23.4 Å². The summed E-state index contributed by atoms with van der Waals surface area (Å²) in [5, 5.41) is 15.1. The maximum Gasteiger partial charge on any atom is 0.337 e. The van der Waals surface area contributed by atoms with Gasteiger partial charge in [-0.25, -0.2) is 9.18 Å². The van der Waals surface area contributed by atoms with E-state index in [4.69, 9.17) is 11.6 Å². The van der Waals surface area contributed by atoms with Gasteiger partial charge in [0, 0.05) is 18.0 Å². The van der Waals surface area contributed by atoms with Gasteiger partial charge in [0.2, 0.25) is 11.8 Å². The molecule has 164 valence electrons. The minimum absolute atomic E-state index is 0.0603. The number of nitriles is 1. The van der Waals surface area contributed by atoms with E-state index in [-0.39, 0.29) is 28.1 Å². The van der Waals surface area contributed by atoms with Crippen molar-refractivity contribution in [1.82, 2.24) is 5.32 Å². The molecule has 2 amide bonds. The fourth-order valence-electron chi connectivity index (χ4n) is 3.10. The molecule has 0 unspecified atom stereocenters. The van der Waals surface area contributed by atoms with Crippen molar-refractivity contribution in [3.63, 3.8) is 0 Å². The second-order valence-corrected chi connectivity index (χ2v) is 8.13. The van der Waals surface area contributed by atoms with Gasteiger partial charge in [0.05, 0.1) is 40.1 Å². The first-order valence-corrected chi connectivity index (χ1v) is 10.7. The number of esters is 1. The topological polar surface area (TPSA) is 108 Å². The molecule has 1 atom stereocenters. The van der Waals surface area contributed by atoms with Gasteiger partial charge in [0.1, 0.15) is 5.82 Å². The Balaban J connectivity index is 1.75. The molecular weight excluding hydrogens is 457 g/mol. The molecule has 1 aliphatic rings. The van der Waals surface area contributed by atoms with Crippen molar-refractivity contribution in [2.75, 3.05) is 18.2 Å². The minimum atomic E-state index is -0.599. The Labute approximate surface area is 192 Å². The van der Waals surface area contributed by atoms with Gasteiger partial charge >= 0.3 is 5.97 Å². The van der Waals surface area contributed by atoms with E-state index in [9.17, 15) is 24.0 Å². The van der Waals surface area contributed by atoms with Gasteiger partial charge in [0.25, 0.3) is 0 Å². The highest BCUT2D eigenvalue weighted by Crippen LogP contribution is 2.36. The van der Waals surface area contributed by atoms with Gasteiger partial charge in [-0.05, 0) is 35.9 Å². The van der Waals surface area contributed by atoms with Crippen molar-refractivity contribution in [1.29, 1.82) is 5.26 Å². The van der Waals surface area contributed by atoms with Crippen LogP contribution in [0.4, 0.5) is 10.1 Å². The molecule has 0 saturated heterocycles. The summed E-state index contributed by atoms with van der Waals surface area (Å²) >= 11 is 6.72. The molecule has 0 aromatic heterocycles. The monoisotopic (exact) mass is 473 g/mol. The highest BCUT2D eigenvalue weighted by molar-refractivity contribution is 8.03. The Kier molecular flexibility index (Phi) is 7.51. The Morgan fingerprint density at radius 1 is 1.31 bits per heavy atom. The third-order valence-corrected chi connectivity index (χ3v) is 5.95. The summed E-state index contributed by atoms with van der Waals surface area (Å²) in [5.41, 5.74) is 1.68. The molecule has 0 fully saturated rings. The van der Waals surface area contributed by atoms with Crippen LogP contribution in [0.3, 0.4) is 0 Å². The van der Waals surface area contributed by atoms with Crippen molar-refractivity contribution in [2.45, 2.75) is 12.3 Å². The summed E-state index contributed by atoms with van der Waals surface area (Å²) in [6, 6.07) is 12.4. The number of thioether (sulfide) groups is 1. The zero-order chi connectivity index (χ0) is 23.3. The lowest BCUT2D eigenvalue weighted by molar-refractivity contribution is -0.121. The number of hydrogen-bond acceptors (Lipinski definition) is 6. The number of hydrogen-bond donors (Lipinski definition) is 2. The summed E-state index contributed by atoms with van der Waals surface area (Å²) in [6.07, 6.45) is 0.0603. The van der Waals surface area contributed by atoms with Crippen LogP contribution in [0.1, 0.15) is 28.3 Å². The van der Waals surface area contributed by atoms with Crippen molar-refractivity contribution in [3.8, 4) is 6.07 Å². The van der Waals surface area contributed by atoms with Crippen LogP contribution < -0.4 is 10.6 Å². The summed E-state index contributed by atoms with van der Waals surface area (Å²) in [4.78, 5) is 36.2. The highest BCUT2D eigenvalue weighted by Gasteiger charge is 2.30. The number of carbonyl (C=O) groups excluding carboxylic acids is 3. The Bertz CT molecular complexity index is 1140. The van der Waals surface area contributed by atoms with Gasteiger partial charge in [-0.1, -0.05) is 35.5 Å². The number of rotatable bonds is 6. The second kappa shape index (κ2) is 10.3. The van der Waals surface area contributed by atoms with Crippen LogP contribution in [-0.2, 0) is 14.3 Å². The van der Waals surface area contributed by atoms with E-state index in [0.717, 1.165) is 17.8 Å². The van der Waals surface area contributed by atoms with Crippen LogP contribution in [0.2, 0.25) is 5.02 Å². The molecule has 0 bridgehead atoms. The molecule has 3 rings (SSSR count). The molecule has 0 spiro atoms. The third kappa shape index (κ3) is 5.46. The second-order valence-electron chi connectivity index (χ2n) is 6.74. The predicted octanol–water partition coefficient (Wildman–Crippen LogP) is 3.98.